The second kappa shape index (κ2) is 11.1. The molecule has 2 amide bonds. The molecule has 1 aromatic carbocycles. The maximum Gasteiger partial charge on any atom is 0.233 e. The van der Waals surface area contributed by atoms with Crippen LogP contribution in [0.4, 0.5) is 5.69 Å². The number of para-hydroxylation sites is 2. The van der Waals surface area contributed by atoms with Crippen LogP contribution in [-0.4, -0.2) is 93.4 Å². The van der Waals surface area contributed by atoms with E-state index in [9.17, 15) is 9.59 Å². The number of nitrogens with zero attached hydrogens (tertiary/aromatic N) is 3. The van der Waals surface area contributed by atoms with Gasteiger partial charge in [0.05, 0.1) is 35.8 Å². The van der Waals surface area contributed by atoms with Crippen molar-refractivity contribution >= 4 is 17.5 Å². The molecule has 188 valence electrons. The van der Waals surface area contributed by atoms with Crippen LogP contribution in [0, 0.1) is 11.8 Å². The number of benzene rings is 1. The second-order valence-electron chi connectivity index (χ2n) is 9.88. The normalized spacial score (nSPS) is 28.0. The molecule has 0 bridgehead atoms. The third-order valence-corrected chi connectivity index (χ3v) is 7.44. The fourth-order valence-corrected chi connectivity index (χ4v) is 5.64. The largest absolute Gasteiger partial charge is 0.489 e. The summed E-state index contributed by atoms with van der Waals surface area (Å²) in [5.74, 6) is 0.349. The fraction of sp³-hybridized carbons (Fsp3) is 0.692. The molecular weight excluding hydrogens is 434 g/mol. The molecule has 8 heteroatoms. The van der Waals surface area contributed by atoms with Gasteiger partial charge in [0, 0.05) is 46.9 Å². The van der Waals surface area contributed by atoms with Crippen molar-refractivity contribution in [2.45, 2.75) is 51.4 Å². The number of piperazine rings is 1. The van der Waals surface area contributed by atoms with Gasteiger partial charge in [-0.25, -0.2) is 0 Å². The van der Waals surface area contributed by atoms with Gasteiger partial charge in [0.2, 0.25) is 11.8 Å². The standard InChI is InChI=1S/C26H39N3O5/c1-18(2)34-22-9-6-5-8-21(22)28-14-12-27(13-15-28)10-7-11-29-25(30)19-16-23(32-3)24(33-4)17-20(19)26(29)31/h5-6,8-9,18-20,23-24H,7,10-17H2,1-4H3. The molecule has 1 saturated carbocycles. The molecule has 0 radical (unpaired) electrons. The molecule has 4 unspecified atom stereocenters. The summed E-state index contributed by atoms with van der Waals surface area (Å²) in [5, 5.41) is 0. The molecular formula is C26H39N3O5. The number of carbonyl (C=O) groups excluding carboxylic acids is 2. The van der Waals surface area contributed by atoms with Crippen molar-refractivity contribution in [3.63, 3.8) is 0 Å². The highest BCUT2D eigenvalue weighted by Gasteiger charge is 2.52. The van der Waals surface area contributed by atoms with Gasteiger partial charge in [0.15, 0.2) is 0 Å². The van der Waals surface area contributed by atoms with Crippen LogP contribution in [0.2, 0.25) is 0 Å². The number of rotatable bonds is 9. The first-order valence-electron chi connectivity index (χ1n) is 12.6. The van der Waals surface area contributed by atoms with Crippen molar-refractivity contribution in [3.8, 4) is 5.75 Å². The third kappa shape index (κ3) is 5.24. The Bertz CT molecular complexity index is 825. The number of fused-ring (bicyclic) bond motifs is 1. The van der Waals surface area contributed by atoms with Crippen LogP contribution >= 0.6 is 0 Å². The molecule has 2 aliphatic heterocycles. The molecule has 2 saturated heterocycles. The molecule has 3 aliphatic rings. The Kier molecular flexibility index (Phi) is 8.11. The van der Waals surface area contributed by atoms with E-state index in [1.165, 1.54) is 4.90 Å². The summed E-state index contributed by atoms with van der Waals surface area (Å²) in [6, 6.07) is 8.23. The lowest BCUT2D eigenvalue weighted by molar-refractivity contribution is -0.140. The topological polar surface area (TPSA) is 71.5 Å². The third-order valence-electron chi connectivity index (χ3n) is 7.44. The summed E-state index contributed by atoms with van der Waals surface area (Å²) >= 11 is 0. The zero-order valence-corrected chi connectivity index (χ0v) is 20.9. The number of methoxy groups -OCH3 is 2. The van der Waals surface area contributed by atoms with Gasteiger partial charge in [0.1, 0.15) is 5.75 Å². The number of hydrogen-bond donors (Lipinski definition) is 0. The van der Waals surface area contributed by atoms with Gasteiger partial charge in [-0.1, -0.05) is 12.1 Å². The average Bonchev–Trinajstić information content (AvgIpc) is 3.07. The second-order valence-corrected chi connectivity index (χ2v) is 9.88. The molecule has 0 spiro atoms. The Morgan fingerprint density at radius 2 is 1.47 bits per heavy atom. The van der Waals surface area contributed by atoms with Crippen LogP contribution in [0.1, 0.15) is 33.1 Å². The highest BCUT2D eigenvalue weighted by Crippen LogP contribution is 2.40. The molecule has 3 fully saturated rings. The van der Waals surface area contributed by atoms with Gasteiger partial charge >= 0.3 is 0 Å². The molecule has 1 aliphatic carbocycles. The summed E-state index contributed by atoms with van der Waals surface area (Å²) in [4.78, 5) is 32.2. The Morgan fingerprint density at radius 3 is 2.03 bits per heavy atom. The van der Waals surface area contributed by atoms with Gasteiger partial charge < -0.3 is 19.1 Å². The lowest BCUT2D eigenvalue weighted by atomic mass is 9.78. The van der Waals surface area contributed by atoms with Gasteiger partial charge in [-0.2, -0.15) is 0 Å². The zero-order valence-electron chi connectivity index (χ0n) is 20.9. The van der Waals surface area contributed by atoms with Crippen LogP contribution in [0.15, 0.2) is 24.3 Å². The van der Waals surface area contributed by atoms with Crippen LogP contribution in [0.25, 0.3) is 0 Å². The number of ether oxygens (including phenoxy) is 3. The Hall–Kier alpha value is -2.16. The lowest BCUT2D eigenvalue weighted by Crippen LogP contribution is -2.47. The van der Waals surface area contributed by atoms with E-state index in [2.05, 4.69) is 21.9 Å². The highest BCUT2D eigenvalue weighted by molar-refractivity contribution is 6.05. The van der Waals surface area contributed by atoms with Gasteiger partial charge in [-0.15, -0.1) is 0 Å². The van der Waals surface area contributed by atoms with Gasteiger partial charge in [0.25, 0.3) is 0 Å². The number of hydrogen-bond acceptors (Lipinski definition) is 7. The van der Waals surface area contributed by atoms with Crippen molar-refractivity contribution in [3.05, 3.63) is 24.3 Å². The van der Waals surface area contributed by atoms with Crippen LogP contribution in [0.5, 0.6) is 5.75 Å². The molecule has 4 rings (SSSR count). The number of anilines is 1. The van der Waals surface area contributed by atoms with Crippen LogP contribution in [0.3, 0.4) is 0 Å². The molecule has 2 heterocycles. The maximum absolute atomic E-state index is 13.0. The first kappa shape index (κ1) is 24.9. The average molecular weight is 474 g/mol. The van der Waals surface area contributed by atoms with E-state index in [-0.39, 0.29) is 42.0 Å². The molecule has 0 aromatic heterocycles. The van der Waals surface area contributed by atoms with Gasteiger partial charge in [-0.3, -0.25) is 19.4 Å². The number of carbonyl (C=O) groups is 2. The molecule has 8 nitrogen and oxygen atoms in total. The molecule has 4 atom stereocenters. The van der Waals surface area contributed by atoms with Crippen molar-refractivity contribution in [2.75, 3.05) is 58.4 Å². The minimum atomic E-state index is -0.263. The summed E-state index contributed by atoms with van der Waals surface area (Å²) in [6.07, 6.45) is 1.80. The van der Waals surface area contributed by atoms with Crippen molar-refractivity contribution in [1.29, 1.82) is 0 Å². The molecule has 0 N–H and O–H groups in total. The van der Waals surface area contributed by atoms with E-state index in [1.807, 2.05) is 26.0 Å². The minimum absolute atomic E-state index is 0.0295. The Labute approximate surface area is 203 Å². The van der Waals surface area contributed by atoms with Crippen LogP contribution in [-0.2, 0) is 19.1 Å². The lowest BCUT2D eigenvalue weighted by Gasteiger charge is -2.37. The summed E-state index contributed by atoms with van der Waals surface area (Å²) in [6.45, 7) is 9.23. The molecule has 1 aromatic rings. The predicted molar refractivity (Wildman–Crippen MR) is 130 cm³/mol. The maximum atomic E-state index is 13.0. The summed E-state index contributed by atoms with van der Waals surface area (Å²) < 4.78 is 17.0. The first-order valence-corrected chi connectivity index (χ1v) is 12.6. The SMILES string of the molecule is COC1CC2C(=O)N(CCCN3CCN(c4ccccc4OC(C)C)CC3)C(=O)C2CC1OC. The van der Waals surface area contributed by atoms with E-state index in [0.717, 1.165) is 50.6 Å². The van der Waals surface area contributed by atoms with E-state index >= 15 is 0 Å². The number of amides is 2. The van der Waals surface area contributed by atoms with Crippen molar-refractivity contribution < 1.29 is 23.8 Å². The quantitative estimate of drug-likeness (QED) is 0.510. The van der Waals surface area contributed by atoms with E-state index < -0.39 is 0 Å². The van der Waals surface area contributed by atoms with Crippen molar-refractivity contribution in [1.82, 2.24) is 9.80 Å². The van der Waals surface area contributed by atoms with Gasteiger partial charge in [-0.05, 0) is 51.8 Å². The zero-order chi connectivity index (χ0) is 24.2. The number of likely N-dealkylation sites (tertiary alicyclic amines) is 1. The van der Waals surface area contributed by atoms with E-state index in [4.69, 9.17) is 14.2 Å². The smallest absolute Gasteiger partial charge is 0.233 e. The summed E-state index contributed by atoms with van der Waals surface area (Å²) in [5.41, 5.74) is 1.15. The highest BCUT2D eigenvalue weighted by atomic mass is 16.5. The summed E-state index contributed by atoms with van der Waals surface area (Å²) in [7, 11) is 3.29. The number of imide groups is 1. The fourth-order valence-electron chi connectivity index (χ4n) is 5.64. The van der Waals surface area contributed by atoms with Crippen LogP contribution < -0.4 is 9.64 Å². The Morgan fingerprint density at radius 1 is 0.882 bits per heavy atom. The van der Waals surface area contributed by atoms with E-state index in [0.29, 0.717) is 19.4 Å². The molecule has 34 heavy (non-hydrogen) atoms. The minimum Gasteiger partial charge on any atom is -0.489 e. The monoisotopic (exact) mass is 473 g/mol. The Balaban J connectivity index is 1.26. The van der Waals surface area contributed by atoms with E-state index in [1.54, 1.807) is 14.2 Å². The van der Waals surface area contributed by atoms with Crippen molar-refractivity contribution in [2.24, 2.45) is 11.8 Å². The predicted octanol–water partition coefficient (Wildman–Crippen LogP) is 2.41. The first-order chi connectivity index (χ1) is 16.4.